The number of phenols is 1. The molecule has 0 aliphatic carbocycles. The predicted molar refractivity (Wildman–Crippen MR) is 113 cm³/mol. The molecule has 5 N–H and O–H groups in total. The number of nitrogen functional groups attached to an aromatic ring is 1. The molecule has 0 radical (unpaired) electrons. The van der Waals surface area contributed by atoms with Crippen LogP contribution in [0.3, 0.4) is 0 Å². The van der Waals surface area contributed by atoms with Crippen molar-refractivity contribution < 1.29 is 26.9 Å². The van der Waals surface area contributed by atoms with Gasteiger partial charge in [-0.15, -0.1) is 5.11 Å². The standard InChI is InChI=1S/C19H13F2N7O4S/c20-17-24-18(21)26-19(25-17)23-10-4-6-11(7-5-10)27-28-16-13(33(30,31)32)8-9-2-1-3-12(29)14(9)15(16)22/h1-8,29H,22H2,(H,30,31,32)(H,23,24,25,26). The van der Waals surface area contributed by atoms with Gasteiger partial charge >= 0.3 is 12.2 Å². The molecule has 33 heavy (non-hydrogen) atoms. The number of nitrogens with zero attached hydrogens (tertiary/aromatic N) is 5. The largest absolute Gasteiger partial charge is 0.507 e. The van der Waals surface area contributed by atoms with Crippen molar-refractivity contribution in [3.63, 3.8) is 0 Å². The Labute approximate surface area is 184 Å². The molecule has 3 aromatic carbocycles. The molecule has 14 heteroatoms. The Bertz CT molecular complexity index is 1490. The molecule has 0 fully saturated rings. The number of nitrogens with one attached hydrogen (secondary N) is 1. The molecule has 0 saturated carbocycles. The average molecular weight is 473 g/mol. The van der Waals surface area contributed by atoms with Gasteiger partial charge in [-0.25, -0.2) is 0 Å². The van der Waals surface area contributed by atoms with Crippen LogP contribution in [0.5, 0.6) is 5.75 Å². The minimum atomic E-state index is -4.72. The smallest absolute Gasteiger partial charge is 0.315 e. The van der Waals surface area contributed by atoms with Crippen LogP contribution in [0.15, 0.2) is 63.7 Å². The molecule has 0 aliphatic heterocycles. The molecule has 0 spiro atoms. The Morgan fingerprint density at radius 2 is 1.64 bits per heavy atom. The van der Waals surface area contributed by atoms with E-state index in [9.17, 15) is 26.9 Å². The van der Waals surface area contributed by atoms with Crippen LogP contribution in [0, 0.1) is 12.2 Å². The van der Waals surface area contributed by atoms with Gasteiger partial charge in [0, 0.05) is 11.1 Å². The summed E-state index contributed by atoms with van der Waals surface area (Å²) >= 11 is 0. The van der Waals surface area contributed by atoms with E-state index in [-0.39, 0.29) is 39.5 Å². The third kappa shape index (κ3) is 4.65. The van der Waals surface area contributed by atoms with Gasteiger partial charge in [-0.2, -0.15) is 37.3 Å². The SMILES string of the molecule is Nc1c(N=Nc2ccc(Nc3nc(F)nc(F)n3)cc2)c(S(=O)(=O)O)cc2cccc(O)c12. The van der Waals surface area contributed by atoms with Crippen LogP contribution in [-0.2, 0) is 10.1 Å². The summed E-state index contributed by atoms with van der Waals surface area (Å²) in [7, 11) is -4.72. The lowest BCUT2D eigenvalue weighted by Gasteiger charge is -2.10. The van der Waals surface area contributed by atoms with Crippen LogP contribution < -0.4 is 11.1 Å². The zero-order valence-corrected chi connectivity index (χ0v) is 17.1. The van der Waals surface area contributed by atoms with Gasteiger partial charge in [0.25, 0.3) is 10.1 Å². The Hall–Kier alpha value is -4.30. The second-order valence-electron chi connectivity index (χ2n) is 6.56. The lowest BCUT2D eigenvalue weighted by Crippen LogP contribution is -2.03. The van der Waals surface area contributed by atoms with E-state index >= 15 is 0 Å². The third-order valence-electron chi connectivity index (χ3n) is 4.37. The number of azo groups is 1. The van der Waals surface area contributed by atoms with E-state index in [2.05, 4.69) is 30.5 Å². The van der Waals surface area contributed by atoms with Crippen LogP contribution in [-0.4, -0.2) is 33.0 Å². The number of nitrogens with two attached hydrogens (primary N) is 1. The van der Waals surface area contributed by atoms with Crippen molar-refractivity contribution in [2.45, 2.75) is 4.90 Å². The van der Waals surface area contributed by atoms with E-state index < -0.39 is 27.2 Å². The molecule has 168 valence electrons. The minimum absolute atomic E-state index is 0.148. The van der Waals surface area contributed by atoms with Gasteiger partial charge in [0.05, 0.1) is 11.4 Å². The number of benzene rings is 3. The van der Waals surface area contributed by atoms with E-state index in [1.54, 1.807) is 0 Å². The normalized spacial score (nSPS) is 11.8. The zero-order chi connectivity index (χ0) is 23.8. The van der Waals surface area contributed by atoms with Crippen LogP contribution in [0.25, 0.3) is 10.8 Å². The Balaban J connectivity index is 1.68. The fraction of sp³-hybridized carbons (Fsp3) is 0. The summed E-state index contributed by atoms with van der Waals surface area (Å²) < 4.78 is 59.5. The first-order valence-electron chi connectivity index (χ1n) is 8.99. The first kappa shape index (κ1) is 21.9. The molecule has 0 saturated heterocycles. The van der Waals surface area contributed by atoms with Gasteiger partial charge in [-0.05, 0) is 41.8 Å². The van der Waals surface area contributed by atoms with Crippen LogP contribution in [0.1, 0.15) is 0 Å². The van der Waals surface area contributed by atoms with Gasteiger partial charge in [0.2, 0.25) is 5.95 Å². The summed E-state index contributed by atoms with van der Waals surface area (Å²) in [6.07, 6.45) is -2.58. The maximum atomic E-state index is 13.1. The molecular weight excluding hydrogens is 460 g/mol. The van der Waals surface area contributed by atoms with Gasteiger partial charge in [0.1, 0.15) is 16.3 Å². The summed E-state index contributed by atoms with van der Waals surface area (Å²) in [4.78, 5) is 8.82. The predicted octanol–water partition coefficient (Wildman–Crippen LogP) is 4.00. The molecule has 0 unspecified atom stereocenters. The lowest BCUT2D eigenvalue weighted by molar-refractivity contribution is 0.458. The highest BCUT2D eigenvalue weighted by Gasteiger charge is 2.22. The number of anilines is 3. The molecule has 0 amide bonds. The van der Waals surface area contributed by atoms with E-state index in [0.717, 1.165) is 6.07 Å². The summed E-state index contributed by atoms with van der Waals surface area (Å²) in [6.45, 7) is 0. The Morgan fingerprint density at radius 1 is 0.970 bits per heavy atom. The quantitative estimate of drug-likeness (QED) is 0.189. The van der Waals surface area contributed by atoms with Gasteiger partial charge in [0.15, 0.2) is 0 Å². The van der Waals surface area contributed by atoms with Crippen molar-refractivity contribution in [1.82, 2.24) is 15.0 Å². The number of aromatic hydroxyl groups is 1. The van der Waals surface area contributed by atoms with E-state index in [0.29, 0.717) is 5.69 Å². The van der Waals surface area contributed by atoms with Crippen molar-refractivity contribution in [2.24, 2.45) is 10.2 Å². The number of fused-ring (bicyclic) bond motifs is 1. The van der Waals surface area contributed by atoms with Crippen LogP contribution in [0.2, 0.25) is 0 Å². The van der Waals surface area contributed by atoms with E-state index in [1.807, 2.05) is 0 Å². The number of hydrogen-bond acceptors (Lipinski definition) is 10. The van der Waals surface area contributed by atoms with Crippen molar-refractivity contribution in [3.8, 4) is 5.75 Å². The van der Waals surface area contributed by atoms with Gasteiger partial charge < -0.3 is 16.2 Å². The topological polar surface area (TPSA) is 176 Å². The number of rotatable bonds is 5. The summed E-state index contributed by atoms with van der Waals surface area (Å²) in [5.41, 5.74) is 6.08. The second kappa shape index (κ2) is 8.33. The maximum absolute atomic E-state index is 13.1. The van der Waals surface area contributed by atoms with E-state index in [1.165, 1.54) is 42.5 Å². The zero-order valence-electron chi connectivity index (χ0n) is 16.3. The maximum Gasteiger partial charge on any atom is 0.315 e. The molecule has 1 heterocycles. The third-order valence-corrected chi connectivity index (χ3v) is 5.23. The van der Waals surface area contributed by atoms with Crippen LogP contribution >= 0.6 is 0 Å². The van der Waals surface area contributed by atoms with Crippen molar-refractivity contribution in [1.29, 1.82) is 0 Å². The molecule has 4 aromatic rings. The van der Waals surface area contributed by atoms with E-state index in [4.69, 9.17) is 5.73 Å². The second-order valence-corrected chi connectivity index (χ2v) is 7.95. The van der Waals surface area contributed by atoms with Crippen molar-refractivity contribution >= 4 is 49.6 Å². The molecule has 4 rings (SSSR count). The molecule has 0 atom stereocenters. The first-order chi connectivity index (χ1) is 15.6. The van der Waals surface area contributed by atoms with Gasteiger partial charge in [-0.1, -0.05) is 12.1 Å². The summed E-state index contributed by atoms with van der Waals surface area (Å²) in [6, 6.07) is 11.3. The molecule has 0 bridgehead atoms. The van der Waals surface area contributed by atoms with Crippen molar-refractivity contribution in [3.05, 3.63) is 60.7 Å². The fourth-order valence-electron chi connectivity index (χ4n) is 2.96. The minimum Gasteiger partial charge on any atom is -0.507 e. The number of hydrogen-bond donors (Lipinski definition) is 4. The number of halogens is 2. The summed E-state index contributed by atoms with van der Waals surface area (Å²) in [5, 5.41) is 20.9. The lowest BCUT2D eigenvalue weighted by atomic mass is 10.1. The number of phenolic OH excluding ortho intramolecular Hbond substituents is 1. The summed E-state index contributed by atoms with van der Waals surface area (Å²) in [5.74, 6) is -0.555. The molecule has 11 nitrogen and oxygen atoms in total. The monoisotopic (exact) mass is 473 g/mol. The molecule has 1 aromatic heterocycles. The van der Waals surface area contributed by atoms with Crippen molar-refractivity contribution in [2.75, 3.05) is 11.1 Å². The van der Waals surface area contributed by atoms with Gasteiger partial charge in [-0.3, -0.25) is 4.55 Å². The van der Waals surface area contributed by atoms with Crippen LogP contribution in [0.4, 0.5) is 37.5 Å². The fourth-order valence-corrected chi connectivity index (χ4v) is 3.63. The highest BCUT2D eigenvalue weighted by Crippen LogP contribution is 2.41. The molecular formula is C19H13F2N7O4S. The Morgan fingerprint density at radius 3 is 2.27 bits per heavy atom. The molecule has 0 aliphatic rings. The first-order valence-corrected chi connectivity index (χ1v) is 10.4. The average Bonchev–Trinajstić information content (AvgIpc) is 2.72. The Kier molecular flexibility index (Phi) is 5.53. The highest BCUT2D eigenvalue weighted by atomic mass is 32.2. The highest BCUT2D eigenvalue weighted by molar-refractivity contribution is 7.86. The number of aromatic nitrogens is 3.